The Morgan fingerprint density at radius 2 is 1.82 bits per heavy atom. The molecule has 0 unspecified atom stereocenters. The van der Waals surface area contributed by atoms with Gasteiger partial charge >= 0.3 is 0 Å². The summed E-state index contributed by atoms with van der Waals surface area (Å²) in [6.45, 7) is 3.15. The van der Waals surface area contributed by atoms with Crippen molar-refractivity contribution in [1.82, 2.24) is 9.80 Å². The van der Waals surface area contributed by atoms with Crippen molar-refractivity contribution in [1.29, 1.82) is 0 Å². The van der Waals surface area contributed by atoms with Gasteiger partial charge in [0.05, 0.1) is 13.2 Å². The lowest BCUT2D eigenvalue weighted by Crippen LogP contribution is -2.43. The fourth-order valence-electron chi connectivity index (χ4n) is 3.30. The third kappa shape index (κ3) is 7.12. The van der Waals surface area contributed by atoms with E-state index in [-0.39, 0.29) is 30.7 Å². The van der Waals surface area contributed by atoms with Gasteiger partial charge < -0.3 is 14.5 Å². The minimum absolute atomic E-state index is 0.111. The summed E-state index contributed by atoms with van der Waals surface area (Å²) in [4.78, 5) is 30.8. The van der Waals surface area contributed by atoms with E-state index in [9.17, 15) is 14.0 Å². The van der Waals surface area contributed by atoms with Crippen molar-refractivity contribution in [2.45, 2.75) is 20.0 Å². The average molecular weight is 489 g/mol. The molecule has 0 fully saturated rings. The first kappa shape index (κ1) is 24.9. The van der Waals surface area contributed by atoms with Crippen LogP contribution in [-0.2, 0) is 22.6 Å². The first-order chi connectivity index (χ1) is 15.9. The maximum Gasteiger partial charge on any atom is 0.254 e. The van der Waals surface area contributed by atoms with Crippen molar-refractivity contribution in [2.24, 2.45) is 0 Å². The van der Waals surface area contributed by atoms with E-state index in [0.29, 0.717) is 30.3 Å². The number of ether oxygens (including phenoxy) is 1. The number of carbonyl (C=O) groups is 2. The van der Waals surface area contributed by atoms with Crippen LogP contribution in [0.5, 0.6) is 0 Å². The summed E-state index contributed by atoms with van der Waals surface area (Å²) in [5, 5.41) is 2.43. The second-order valence-electron chi connectivity index (χ2n) is 7.63. The molecule has 0 saturated carbocycles. The number of hydrogen-bond donors (Lipinski definition) is 0. The molecule has 33 heavy (non-hydrogen) atoms. The standard InChI is InChI=1S/C25H26ClFN2O3S/c1-18-10-13-33-23(18)16-29(15-19-6-8-22(27)9-7-19)24(30)17-28(11-12-32-2)25(31)20-4-3-5-21(26)14-20/h3-10,13-14H,11-12,15-17H2,1-2H3. The molecule has 1 aromatic heterocycles. The summed E-state index contributed by atoms with van der Waals surface area (Å²) in [6.07, 6.45) is 0. The zero-order valence-corrected chi connectivity index (χ0v) is 20.2. The summed E-state index contributed by atoms with van der Waals surface area (Å²) in [5.74, 6) is -0.834. The van der Waals surface area contributed by atoms with Crippen LogP contribution in [0.4, 0.5) is 4.39 Å². The van der Waals surface area contributed by atoms with Crippen LogP contribution >= 0.6 is 22.9 Å². The highest BCUT2D eigenvalue weighted by molar-refractivity contribution is 7.10. The molecule has 0 saturated heterocycles. The molecule has 0 radical (unpaired) electrons. The molecule has 0 spiro atoms. The predicted molar refractivity (Wildman–Crippen MR) is 129 cm³/mol. The van der Waals surface area contributed by atoms with Crippen LogP contribution in [0.1, 0.15) is 26.4 Å². The van der Waals surface area contributed by atoms with E-state index in [4.69, 9.17) is 16.3 Å². The van der Waals surface area contributed by atoms with Crippen molar-refractivity contribution in [2.75, 3.05) is 26.8 Å². The summed E-state index contributed by atoms with van der Waals surface area (Å²) in [7, 11) is 1.55. The van der Waals surface area contributed by atoms with Gasteiger partial charge in [-0.05, 0) is 59.8 Å². The van der Waals surface area contributed by atoms with E-state index in [1.54, 1.807) is 59.7 Å². The molecule has 2 aromatic carbocycles. The number of aryl methyl sites for hydroxylation is 1. The number of thiophene rings is 1. The van der Waals surface area contributed by atoms with Crippen LogP contribution in [0.25, 0.3) is 0 Å². The molecule has 0 N–H and O–H groups in total. The number of halogens is 2. The molecule has 0 bridgehead atoms. The minimum atomic E-state index is -0.330. The average Bonchev–Trinajstić information content (AvgIpc) is 3.21. The second-order valence-corrected chi connectivity index (χ2v) is 9.07. The third-order valence-electron chi connectivity index (χ3n) is 5.19. The Hall–Kier alpha value is -2.74. The molecule has 3 aromatic rings. The Labute approximate surface area is 202 Å². The molecule has 8 heteroatoms. The van der Waals surface area contributed by atoms with E-state index in [1.807, 2.05) is 18.4 Å². The van der Waals surface area contributed by atoms with Gasteiger partial charge in [0.2, 0.25) is 5.91 Å². The highest BCUT2D eigenvalue weighted by Crippen LogP contribution is 2.20. The highest BCUT2D eigenvalue weighted by atomic mass is 35.5. The van der Waals surface area contributed by atoms with Gasteiger partial charge in [0.15, 0.2) is 0 Å². The van der Waals surface area contributed by atoms with Gasteiger partial charge in [-0.3, -0.25) is 9.59 Å². The number of hydrogen-bond acceptors (Lipinski definition) is 4. The Bertz CT molecular complexity index is 1090. The molecule has 1 heterocycles. The van der Waals surface area contributed by atoms with Gasteiger partial charge in [-0.15, -0.1) is 11.3 Å². The van der Waals surface area contributed by atoms with Gasteiger partial charge in [-0.2, -0.15) is 0 Å². The molecule has 5 nitrogen and oxygen atoms in total. The maximum atomic E-state index is 13.4. The topological polar surface area (TPSA) is 49.9 Å². The van der Waals surface area contributed by atoms with Crippen LogP contribution in [0, 0.1) is 12.7 Å². The van der Waals surface area contributed by atoms with Gasteiger partial charge in [0.25, 0.3) is 5.91 Å². The zero-order valence-electron chi connectivity index (χ0n) is 18.6. The normalized spacial score (nSPS) is 10.8. The van der Waals surface area contributed by atoms with Gasteiger partial charge in [0, 0.05) is 35.7 Å². The number of rotatable bonds is 10. The van der Waals surface area contributed by atoms with Crippen LogP contribution in [0.15, 0.2) is 60.0 Å². The highest BCUT2D eigenvalue weighted by Gasteiger charge is 2.23. The van der Waals surface area contributed by atoms with E-state index in [2.05, 4.69) is 0 Å². The Morgan fingerprint density at radius 1 is 1.06 bits per heavy atom. The molecule has 0 aliphatic carbocycles. The van der Waals surface area contributed by atoms with E-state index in [0.717, 1.165) is 16.0 Å². The van der Waals surface area contributed by atoms with E-state index in [1.165, 1.54) is 17.0 Å². The first-order valence-corrected chi connectivity index (χ1v) is 11.7. The number of methoxy groups -OCH3 is 1. The van der Waals surface area contributed by atoms with Crippen molar-refractivity contribution >= 4 is 34.8 Å². The lowest BCUT2D eigenvalue weighted by Gasteiger charge is -2.28. The van der Waals surface area contributed by atoms with Gasteiger partial charge in [-0.1, -0.05) is 29.8 Å². The molecule has 0 aliphatic heterocycles. The third-order valence-corrected chi connectivity index (χ3v) is 6.44. The van der Waals surface area contributed by atoms with Crippen molar-refractivity contribution in [3.8, 4) is 0 Å². The van der Waals surface area contributed by atoms with Gasteiger partial charge in [-0.25, -0.2) is 4.39 Å². The predicted octanol–water partition coefficient (Wildman–Crippen LogP) is 5.17. The number of carbonyl (C=O) groups excluding carboxylic acids is 2. The molecule has 3 rings (SSSR count). The fraction of sp³-hybridized carbons (Fsp3) is 0.280. The van der Waals surface area contributed by atoms with Crippen LogP contribution in [0.3, 0.4) is 0 Å². The molecular formula is C25H26ClFN2O3S. The number of nitrogens with zero attached hydrogens (tertiary/aromatic N) is 2. The Kier molecular flexibility index (Phi) is 9.00. The lowest BCUT2D eigenvalue weighted by molar-refractivity contribution is -0.133. The Balaban J connectivity index is 1.82. The van der Waals surface area contributed by atoms with Crippen molar-refractivity contribution in [3.05, 3.63) is 92.4 Å². The molecule has 2 amide bonds. The lowest BCUT2D eigenvalue weighted by atomic mass is 10.1. The summed E-state index contributed by atoms with van der Waals surface area (Å²) >= 11 is 7.63. The SMILES string of the molecule is COCCN(CC(=O)N(Cc1ccc(F)cc1)Cc1sccc1C)C(=O)c1cccc(Cl)c1. The summed E-state index contributed by atoms with van der Waals surface area (Å²) in [6, 6.07) is 14.7. The first-order valence-electron chi connectivity index (χ1n) is 10.5. The molecule has 0 atom stereocenters. The molecular weight excluding hydrogens is 463 g/mol. The second kappa shape index (κ2) is 11.9. The zero-order chi connectivity index (χ0) is 23.8. The van der Waals surface area contributed by atoms with E-state index >= 15 is 0 Å². The summed E-state index contributed by atoms with van der Waals surface area (Å²) in [5.41, 5.74) is 2.32. The van der Waals surface area contributed by atoms with Gasteiger partial charge in [0.1, 0.15) is 12.4 Å². The quantitative estimate of drug-likeness (QED) is 0.396. The molecule has 174 valence electrons. The summed E-state index contributed by atoms with van der Waals surface area (Å²) < 4.78 is 18.5. The van der Waals surface area contributed by atoms with Crippen LogP contribution in [0.2, 0.25) is 5.02 Å². The van der Waals surface area contributed by atoms with Crippen LogP contribution in [-0.4, -0.2) is 48.4 Å². The number of benzene rings is 2. The smallest absolute Gasteiger partial charge is 0.254 e. The van der Waals surface area contributed by atoms with Crippen LogP contribution < -0.4 is 0 Å². The number of amides is 2. The largest absolute Gasteiger partial charge is 0.383 e. The van der Waals surface area contributed by atoms with Crippen molar-refractivity contribution in [3.63, 3.8) is 0 Å². The Morgan fingerprint density at radius 3 is 2.45 bits per heavy atom. The minimum Gasteiger partial charge on any atom is -0.383 e. The molecule has 0 aliphatic rings. The monoisotopic (exact) mass is 488 g/mol. The fourth-order valence-corrected chi connectivity index (χ4v) is 4.41. The van der Waals surface area contributed by atoms with Crippen molar-refractivity contribution < 1.29 is 18.7 Å². The maximum absolute atomic E-state index is 13.4. The van der Waals surface area contributed by atoms with E-state index < -0.39 is 0 Å².